The van der Waals surface area contributed by atoms with Crippen molar-refractivity contribution < 1.29 is 4.39 Å². The first-order valence-corrected chi connectivity index (χ1v) is 6.14. The predicted molar refractivity (Wildman–Crippen MR) is 67.4 cm³/mol. The van der Waals surface area contributed by atoms with E-state index in [1.54, 1.807) is 6.07 Å². The first-order valence-electron chi connectivity index (χ1n) is 5.76. The van der Waals surface area contributed by atoms with E-state index in [1.807, 2.05) is 13.1 Å². The van der Waals surface area contributed by atoms with Crippen LogP contribution in [0.25, 0.3) is 0 Å². The number of rotatable bonds is 6. The Hall–Kier alpha value is -0.600. The molecule has 0 amide bonds. The molecule has 1 aromatic carbocycles. The summed E-state index contributed by atoms with van der Waals surface area (Å²) in [7, 11) is 1.94. The fraction of sp³-hybridized carbons (Fsp3) is 0.538. The molecule has 0 spiro atoms. The summed E-state index contributed by atoms with van der Waals surface area (Å²) in [5.74, 6) is 0.202. The number of halogens is 2. The van der Waals surface area contributed by atoms with E-state index in [0.717, 1.165) is 31.4 Å². The second-order valence-electron chi connectivity index (χ2n) is 4.13. The zero-order valence-electron chi connectivity index (χ0n) is 9.89. The summed E-state index contributed by atoms with van der Waals surface area (Å²) in [6, 6.07) is 5.03. The summed E-state index contributed by atoms with van der Waals surface area (Å²) in [5.41, 5.74) is 0.912. The molecule has 0 bridgehead atoms. The Kier molecular flexibility index (Phi) is 5.78. The van der Waals surface area contributed by atoms with Crippen molar-refractivity contribution in [1.29, 1.82) is 0 Å². The maximum atomic E-state index is 13.3. The van der Waals surface area contributed by atoms with Gasteiger partial charge < -0.3 is 5.32 Å². The highest BCUT2D eigenvalue weighted by molar-refractivity contribution is 6.31. The summed E-state index contributed by atoms with van der Waals surface area (Å²) in [5, 5.41) is 3.45. The van der Waals surface area contributed by atoms with Crippen LogP contribution in [0.5, 0.6) is 0 Å². The van der Waals surface area contributed by atoms with Crippen molar-refractivity contribution in [1.82, 2.24) is 5.32 Å². The number of nitrogens with one attached hydrogen (secondary N) is 1. The molecule has 0 aliphatic heterocycles. The molecular formula is C13H19ClFN. The van der Waals surface area contributed by atoms with E-state index in [0.29, 0.717) is 5.92 Å². The van der Waals surface area contributed by atoms with Crippen LogP contribution < -0.4 is 5.32 Å². The molecule has 16 heavy (non-hydrogen) atoms. The standard InChI is InChI=1S/C13H19ClFN/c1-3-5-10(9-16-2)8-11-6-4-7-12(15)13(11)14/h4,6-7,10,16H,3,5,8-9H2,1-2H3. The minimum atomic E-state index is -0.320. The minimum Gasteiger partial charge on any atom is -0.319 e. The molecule has 1 nitrogen and oxygen atoms in total. The van der Waals surface area contributed by atoms with Gasteiger partial charge in [0.2, 0.25) is 0 Å². The largest absolute Gasteiger partial charge is 0.319 e. The van der Waals surface area contributed by atoms with Gasteiger partial charge in [-0.2, -0.15) is 0 Å². The van der Waals surface area contributed by atoms with Gasteiger partial charge in [0.15, 0.2) is 0 Å². The van der Waals surface area contributed by atoms with E-state index in [4.69, 9.17) is 11.6 Å². The minimum absolute atomic E-state index is 0.278. The first-order chi connectivity index (χ1) is 7.69. The van der Waals surface area contributed by atoms with E-state index < -0.39 is 0 Å². The normalized spacial score (nSPS) is 12.8. The van der Waals surface area contributed by atoms with Crippen LogP contribution in [0, 0.1) is 11.7 Å². The lowest BCUT2D eigenvalue weighted by atomic mass is 9.95. The van der Waals surface area contributed by atoms with Crippen LogP contribution in [0.3, 0.4) is 0 Å². The van der Waals surface area contributed by atoms with E-state index in [2.05, 4.69) is 12.2 Å². The maximum Gasteiger partial charge on any atom is 0.142 e. The zero-order valence-corrected chi connectivity index (χ0v) is 10.6. The fourth-order valence-electron chi connectivity index (χ4n) is 1.99. The molecule has 1 atom stereocenters. The van der Waals surface area contributed by atoms with Gasteiger partial charge in [-0.25, -0.2) is 4.39 Å². The maximum absolute atomic E-state index is 13.3. The highest BCUT2D eigenvalue weighted by atomic mass is 35.5. The molecule has 0 aliphatic rings. The van der Waals surface area contributed by atoms with E-state index in [1.165, 1.54) is 6.07 Å². The highest BCUT2D eigenvalue weighted by Crippen LogP contribution is 2.23. The molecule has 0 radical (unpaired) electrons. The van der Waals surface area contributed by atoms with Gasteiger partial charge in [0, 0.05) is 0 Å². The fourth-order valence-corrected chi connectivity index (χ4v) is 2.19. The molecule has 1 aromatic rings. The van der Waals surface area contributed by atoms with Crippen molar-refractivity contribution in [3.8, 4) is 0 Å². The summed E-state index contributed by atoms with van der Waals surface area (Å²) in [6.07, 6.45) is 3.11. The average Bonchev–Trinajstić information content (AvgIpc) is 2.25. The van der Waals surface area contributed by atoms with E-state index in [-0.39, 0.29) is 10.8 Å². The SMILES string of the molecule is CCCC(CNC)Cc1cccc(F)c1Cl. The van der Waals surface area contributed by atoms with Gasteiger partial charge in [0.05, 0.1) is 5.02 Å². The molecular weight excluding hydrogens is 225 g/mol. The van der Waals surface area contributed by atoms with Gasteiger partial charge in [-0.05, 0) is 44.0 Å². The third-order valence-corrected chi connectivity index (χ3v) is 3.15. The number of hydrogen-bond donors (Lipinski definition) is 1. The summed E-state index contributed by atoms with van der Waals surface area (Å²) < 4.78 is 13.3. The molecule has 3 heteroatoms. The molecule has 0 heterocycles. The summed E-state index contributed by atoms with van der Waals surface area (Å²) >= 11 is 5.94. The lowest BCUT2D eigenvalue weighted by molar-refractivity contribution is 0.455. The van der Waals surface area contributed by atoms with Crippen LogP contribution in [0.4, 0.5) is 4.39 Å². The second-order valence-corrected chi connectivity index (χ2v) is 4.51. The molecule has 1 N–H and O–H groups in total. The van der Waals surface area contributed by atoms with Gasteiger partial charge in [0.1, 0.15) is 5.82 Å². The van der Waals surface area contributed by atoms with Crippen LogP contribution >= 0.6 is 11.6 Å². The third-order valence-electron chi connectivity index (χ3n) is 2.73. The topological polar surface area (TPSA) is 12.0 Å². The monoisotopic (exact) mass is 243 g/mol. The van der Waals surface area contributed by atoms with Crippen LogP contribution in [-0.4, -0.2) is 13.6 Å². The molecule has 0 saturated carbocycles. The van der Waals surface area contributed by atoms with E-state index >= 15 is 0 Å². The van der Waals surface area contributed by atoms with Gasteiger partial charge in [-0.15, -0.1) is 0 Å². The highest BCUT2D eigenvalue weighted by Gasteiger charge is 2.12. The lowest BCUT2D eigenvalue weighted by Crippen LogP contribution is -2.20. The van der Waals surface area contributed by atoms with Crippen molar-refractivity contribution in [2.24, 2.45) is 5.92 Å². The van der Waals surface area contributed by atoms with Gasteiger partial charge in [-0.3, -0.25) is 0 Å². The average molecular weight is 244 g/mol. The number of benzene rings is 1. The molecule has 90 valence electrons. The van der Waals surface area contributed by atoms with Crippen LogP contribution in [0.15, 0.2) is 18.2 Å². The number of hydrogen-bond acceptors (Lipinski definition) is 1. The second kappa shape index (κ2) is 6.87. The van der Waals surface area contributed by atoms with Gasteiger partial charge in [0.25, 0.3) is 0 Å². The molecule has 0 aliphatic carbocycles. The van der Waals surface area contributed by atoms with Crippen LogP contribution in [0.2, 0.25) is 5.02 Å². The van der Waals surface area contributed by atoms with Crippen molar-refractivity contribution in [2.75, 3.05) is 13.6 Å². The predicted octanol–water partition coefficient (Wildman–Crippen LogP) is 3.66. The Bertz CT molecular complexity index is 322. The molecule has 0 saturated heterocycles. The Balaban J connectivity index is 2.72. The summed E-state index contributed by atoms with van der Waals surface area (Å²) in [6.45, 7) is 3.11. The van der Waals surface area contributed by atoms with Crippen LogP contribution in [-0.2, 0) is 6.42 Å². The van der Waals surface area contributed by atoms with Gasteiger partial charge >= 0.3 is 0 Å². The zero-order chi connectivity index (χ0) is 12.0. The quantitative estimate of drug-likeness (QED) is 0.804. The molecule has 0 aromatic heterocycles. The molecule has 1 unspecified atom stereocenters. The lowest BCUT2D eigenvalue weighted by Gasteiger charge is -2.16. The van der Waals surface area contributed by atoms with Crippen molar-refractivity contribution in [3.05, 3.63) is 34.6 Å². The Morgan fingerprint density at radius 1 is 1.44 bits per heavy atom. The van der Waals surface area contributed by atoms with E-state index in [9.17, 15) is 4.39 Å². The van der Waals surface area contributed by atoms with Crippen LogP contribution in [0.1, 0.15) is 25.3 Å². The van der Waals surface area contributed by atoms with Gasteiger partial charge in [-0.1, -0.05) is 37.1 Å². The smallest absolute Gasteiger partial charge is 0.142 e. The van der Waals surface area contributed by atoms with Crippen molar-refractivity contribution >= 4 is 11.6 Å². The first kappa shape index (κ1) is 13.5. The molecule has 1 rings (SSSR count). The Labute approximate surface area is 102 Å². The Morgan fingerprint density at radius 2 is 2.19 bits per heavy atom. The summed E-state index contributed by atoms with van der Waals surface area (Å²) in [4.78, 5) is 0. The van der Waals surface area contributed by atoms with Crippen molar-refractivity contribution in [3.63, 3.8) is 0 Å². The third kappa shape index (κ3) is 3.76. The Morgan fingerprint density at radius 3 is 2.81 bits per heavy atom. The van der Waals surface area contributed by atoms with Crippen molar-refractivity contribution in [2.45, 2.75) is 26.2 Å². The molecule has 0 fully saturated rings.